The molecular formula is C12H15ClO2S2. The monoisotopic (exact) mass is 290 g/mol. The number of hydrogen-bond acceptors (Lipinski definition) is 3. The molecule has 0 saturated carbocycles. The highest BCUT2D eigenvalue weighted by atomic mass is 35.5. The Labute approximate surface area is 115 Å². The predicted molar refractivity (Wildman–Crippen MR) is 75.6 cm³/mol. The average Bonchev–Trinajstić information content (AvgIpc) is 2.27. The smallest absolute Gasteiger partial charge is 0.303 e. The van der Waals surface area contributed by atoms with E-state index >= 15 is 0 Å². The maximum atomic E-state index is 10.4. The standard InChI is InChI=1S/C12H15ClO2S2/c1-16-10-7-8(4-3-5-11(14)15)6-9(13)12(10)17-2/h6-7H,3-5H2,1-2H3,(H,14,15). The third-order valence-corrected chi connectivity index (χ3v) is 4.50. The van der Waals surface area contributed by atoms with E-state index in [1.807, 2.05) is 18.6 Å². The third-order valence-electron chi connectivity index (χ3n) is 2.35. The van der Waals surface area contributed by atoms with Crippen molar-refractivity contribution in [2.45, 2.75) is 29.1 Å². The molecule has 0 amide bonds. The van der Waals surface area contributed by atoms with Crippen molar-refractivity contribution in [3.05, 3.63) is 22.7 Å². The van der Waals surface area contributed by atoms with Crippen LogP contribution in [-0.4, -0.2) is 23.6 Å². The van der Waals surface area contributed by atoms with Gasteiger partial charge in [-0.3, -0.25) is 4.79 Å². The van der Waals surface area contributed by atoms with Crippen LogP contribution in [0.3, 0.4) is 0 Å². The molecule has 0 unspecified atom stereocenters. The SMILES string of the molecule is CSc1cc(CCCC(=O)O)cc(Cl)c1SC. The first-order valence-corrected chi connectivity index (χ1v) is 8.03. The molecule has 2 nitrogen and oxygen atoms in total. The third kappa shape index (κ3) is 4.45. The molecule has 0 aliphatic rings. The van der Waals surface area contributed by atoms with Crippen LogP contribution in [0.15, 0.2) is 21.9 Å². The van der Waals surface area contributed by atoms with E-state index in [2.05, 4.69) is 6.07 Å². The number of hydrogen-bond donors (Lipinski definition) is 1. The van der Waals surface area contributed by atoms with Crippen molar-refractivity contribution in [3.8, 4) is 0 Å². The summed E-state index contributed by atoms with van der Waals surface area (Å²) in [5, 5.41) is 9.35. The van der Waals surface area contributed by atoms with E-state index in [9.17, 15) is 4.79 Å². The summed E-state index contributed by atoms with van der Waals surface area (Å²) in [6.45, 7) is 0. The van der Waals surface area contributed by atoms with Crippen molar-refractivity contribution in [2.24, 2.45) is 0 Å². The van der Waals surface area contributed by atoms with Crippen LogP contribution in [0, 0.1) is 0 Å². The van der Waals surface area contributed by atoms with E-state index in [0.29, 0.717) is 6.42 Å². The predicted octanol–water partition coefficient (Wildman–Crippen LogP) is 4.19. The van der Waals surface area contributed by atoms with Crippen molar-refractivity contribution in [1.29, 1.82) is 0 Å². The lowest BCUT2D eigenvalue weighted by atomic mass is 10.1. The lowest BCUT2D eigenvalue weighted by Crippen LogP contribution is -1.96. The van der Waals surface area contributed by atoms with Crippen LogP contribution in [0.1, 0.15) is 18.4 Å². The molecule has 0 aliphatic carbocycles. The van der Waals surface area contributed by atoms with Gasteiger partial charge in [0.1, 0.15) is 0 Å². The van der Waals surface area contributed by atoms with Crippen molar-refractivity contribution in [2.75, 3.05) is 12.5 Å². The van der Waals surface area contributed by atoms with Gasteiger partial charge in [-0.05, 0) is 43.0 Å². The van der Waals surface area contributed by atoms with E-state index in [0.717, 1.165) is 26.8 Å². The van der Waals surface area contributed by atoms with Crippen molar-refractivity contribution >= 4 is 41.1 Å². The van der Waals surface area contributed by atoms with Crippen LogP contribution >= 0.6 is 35.1 Å². The number of rotatable bonds is 6. The van der Waals surface area contributed by atoms with Gasteiger partial charge >= 0.3 is 5.97 Å². The number of benzene rings is 1. The van der Waals surface area contributed by atoms with E-state index in [4.69, 9.17) is 16.7 Å². The average molecular weight is 291 g/mol. The Morgan fingerprint density at radius 2 is 2.06 bits per heavy atom. The summed E-state index contributed by atoms with van der Waals surface area (Å²) in [7, 11) is 0. The van der Waals surface area contributed by atoms with E-state index in [1.54, 1.807) is 23.5 Å². The van der Waals surface area contributed by atoms with Crippen molar-refractivity contribution < 1.29 is 9.90 Å². The van der Waals surface area contributed by atoms with Crippen molar-refractivity contribution in [1.82, 2.24) is 0 Å². The molecule has 17 heavy (non-hydrogen) atoms. The minimum Gasteiger partial charge on any atom is -0.481 e. The van der Waals surface area contributed by atoms with Crippen LogP contribution < -0.4 is 0 Å². The molecule has 1 aromatic carbocycles. The largest absolute Gasteiger partial charge is 0.481 e. The molecule has 0 spiro atoms. The fourth-order valence-corrected chi connectivity index (χ4v) is 3.67. The molecule has 0 aromatic heterocycles. The fraction of sp³-hybridized carbons (Fsp3) is 0.417. The first-order chi connectivity index (χ1) is 8.08. The van der Waals surface area contributed by atoms with Gasteiger partial charge < -0.3 is 5.11 Å². The summed E-state index contributed by atoms with van der Waals surface area (Å²) in [5.74, 6) is -0.748. The minimum atomic E-state index is -0.748. The minimum absolute atomic E-state index is 0.205. The summed E-state index contributed by atoms with van der Waals surface area (Å²) in [5.41, 5.74) is 1.11. The summed E-state index contributed by atoms with van der Waals surface area (Å²) in [6.07, 6.45) is 5.64. The molecule has 5 heteroatoms. The first kappa shape index (κ1) is 14.7. The Morgan fingerprint density at radius 1 is 1.35 bits per heavy atom. The Morgan fingerprint density at radius 3 is 2.59 bits per heavy atom. The van der Waals surface area contributed by atoms with Gasteiger partial charge in [-0.25, -0.2) is 0 Å². The maximum absolute atomic E-state index is 10.4. The molecular weight excluding hydrogens is 276 g/mol. The Kier molecular flexibility index (Phi) is 6.23. The topological polar surface area (TPSA) is 37.3 Å². The molecule has 0 saturated heterocycles. The number of aryl methyl sites for hydroxylation is 1. The van der Waals surface area contributed by atoms with Gasteiger partial charge in [0.25, 0.3) is 0 Å². The molecule has 0 fully saturated rings. The van der Waals surface area contributed by atoms with E-state index < -0.39 is 5.97 Å². The second kappa shape index (κ2) is 7.19. The number of thioether (sulfide) groups is 2. The van der Waals surface area contributed by atoms with Crippen molar-refractivity contribution in [3.63, 3.8) is 0 Å². The van der Waals surface area contributed by atoms with E-state index in [-0.39, 0.29) is 6.42 Å². The van der Waals surface area contributed by atoms with Crippen LogP contribution in [0.4, 0.5) is 0 Å². The molecule has 0 bridgehead atoms. The van der Waals surface area contributed by atoms with Gasteiger partial charge in [-0.1, -0.05) is 11.6 Å². The number of carbonyl (C=O) groups is 1. The maximum Gasteiger partial charge on any atom is 0.303 e. The highest BCUT2D eigenvalue weighted by Gasteiger charge is 2.08. The Bertz CT molecular complexity index is 408. The molecule has 94 valence electrons. The number of halogens is 1. The normalized spacial score (nSPS) is 10.5. The quantitative estimate of drug-likeness (QED) is 0.797. The summed E-state index contributed by atoms with van der Waals surface area (Å²) in [6, 6.07) is 4.04. The van der Waals surface area contributed by atoms with Crippen LogP contribution in [0.25, 0.3) is 0 Å². The summed E-state index contributed by atoms with van der Waals surface area (Å²) >= 11 is 9.51. The number of carboxylic acids is 1. The lowest BCUT2D eigenvalue weighted by Gasteiger charge is -2.10. The second-order valence-corrected chi connectivity index (χ2v) is 5.63. The van der Waals surface area contributed by atoms with Gasteiger partial charge in [-0.15, -0.1) is 23.5 Å². The first-order valence-electron chi connectivity index (χ1n) is 5.20. The molecule has 1 aromatic rings. The molecule has 0 heterocycles. The molecule has 1 N–H and O–H groups in total. The van der Waals surface area contributed by atoms with Gasteiger partial charge in [0.2, 0.25) is 0 Å². The fourth-order valence-electron chi connectivity index (χ4n) is 1.56. The molecule has 0 radical (unpaired) electrons. The molecule has 0 atom stereocenters. The molecule has 1 rings (SSSR count). The molecule has 0 aliphatic heterocycles. The van der Waals surface area contributed by atoms with E-state index in [1.165, 1.54) is 0 Å². The lowest BCUT2D eigenvalue weighted by molar-refractivity contribution is -0.137. The Balaban J connectivity index is 2.80. The van der Waals surface area contributed by atoms with Crippen LogP contribution in [0.5, 0.6) is 0 Å². The van der Waals surface area contributed by atoms with Gasteiger partial charge in [-0.2, -0.15) is 0 Å². The Hall–Kier alpha value is -0.320. The highest BCUT2D eigenvalue weighted by Crippen LogP contribution is 2.35. The van der Waals surface area contributed by atoms with Gasteiger partial charge in [0.15, 0.2) is 0 Å². The zero-order chi connectivity index (χ0) is 12.8. The zero-order valence-corrected chi connectivity index (χ0v) is 12.2. The summed E-state index contributed by atoms with van der Waals surface area (Å²) in [4.78, 5) is 12.7. The zero-order valence-electron chi connectivity index (χ0n) is 9.83. The number of aliphatic carboxylic acids is 1. The summed E-state index contributed by atoms with van der Waals surface area (Å²) < 4.78 is 0. The van der Waals surface area contributed by atoms with Gasteiger partial charge in [0, 0.05) is 16.2 Å². The number of carboxylic acid groups (broad SMARTS) is 1. The highest BCUT2D eigenvalue weighted by molar-refractivity contribution is 8.01. The van der Waals surface area contributed by atoms with Gasteiger partial charge in [0.05, 0.1) is 5.02 Å². The van der Waals surface area contributed by atoms with Crippen LogP contribution in [0.2, 0.25) is 5.02 Å². The second-order valence-electron chi connectivity index (χ2n) is 3.56. The van der Waals surface area contributed by atoms with Crippen LogP contribution in [-0.2, 0) is 11.2 Å².